The SMILES string of the molecule is CC(F)C(F)(F)C(F)(F)C(F)(F)S(=O)(=O)[O-].[Li+]. The Bertz CT molecular complexity index is 366. The Morgan fingerprint density at radius 2 is 1.35 bits per heavy atom. The minimum Gasteiger partial charge on any atom is -0.743 e. The van der Waals surface area contributed by atoms with Crippen molar-refractivity contribution in [3.8, 4) is 0 Å². The second kappa shape index (κ2) is 4.95. The summed E-state index contributed by atoms with van der Waals surface area (Å²) in [6.45, 7) is -0.179. The molecule has 0 aliphatic heterocycles. The van der Waals surface area contributed by atoms with Gasteiger partial charge in [0.2, 0.25) is 0 Å². The predicted octanol–water partition coefficient (Wildman–Crippen LogP) is -1.24. The zero-order valence-corrected chi connectivity index (χ0v) is 9.17. The normalized spacial score (nSPS) is 16.3. The van der Waals surface area contributed by atoms with Crippen molar-refractivity contribution in [1.82, 2.24) is 0 Å². The van der Waals surface area contributed by atoms with E-state index in [-0.39, 0.29) is 25.8 Å². The second-order valence-corrected chi connectivity index (χ2v) is 4.21. The summed E-state index contributed by atoms with van der Waals surface area (Å²) in [5, 5.41) is -6.61. The summed E-state index contributed by atoms with van der Waals surface area (Å²) >= 11 is 0. The van der Waals surface area contributed by atoms with Crippen molar-refractivity contribution in [2.45, 2.75) is 30.2 Å². The van der Waals surface area contributed by atoms with Gasteiger partial charge in [-0.3, -0.25) is 0 Å². The molecule has 0 bridgehead atoms. The fourth-order valence-electron chi connectivity index (χ4n) is 0.601. The van der Waals surface area contributed by atoms with E-state index in [0.29, 0.717) is 0 Å². The fraction of sp³-hybridized carbons (Fsp3) is 1.00. The van der Waals surface area contributed by atoms with Gasteiger partial charge in [-0.25, -0.2) is 12.8 Å². The Morgan fingerprint density at radius 1 is 1.06 bits per heavy atom. The van der Waals surface area contributed by atoms with E-state index in [1.165, 1.54) is 0 Å². The molecule has 0 saturated carbocycles. The van der Waals surface area contributed by atoms with Crippen LogP contribution in [0.1, 0.15) is 6.92 Å². The summed E-state index contributed by atoms with van der Waals surface area (Å²) in [7, 11) is -7.06. The van der Waals surface area contributed by atoms with Crippen molar-refractivity contribution >= 4 is 10.1 Å². The molecule has 1 atom stereocenters. The van der Waals surface area contributed by atoms with Crippen LogP contribution in [0.5, 0.6) is 0 Å². The average Bonchev–Trinajstić information content (AvgIpc) is 2.00. The summed E-state index contributed by atoms with van der Waals surface area (Å²) in [6.07, 6.45) is -3.77. The van der Waals surface area contributed by atoms with Gasteiger partial charge in [0.15, 0.2) is 16.3 Å². The van der Waals surface area contributed by atoms with E-state index >= 15 is 0 Å². The molecule has 0 spiro atoms. The second-order valence-electron chi connectivity index (χ2n) is 2.78. The molecule has 0 aliphatic rings. The van der Waals surface area contributed by atoms with Gasteiger partial charge in [-0.05, 0) is 6.92 Å². The first kappa shape index (κ1) is 19.4. The summed E-state index contributed by atoms with van der Waals surface area (Å²) in [5.41, 5.74) is 0. The zero-order valence-electron chi connectivity index (χ0n) is 8.36. The van der Waals surface area contributed by atoms with Crippen LogP contribution in [-0.2, 0) is 10.1 Å². The van der Waals surface area contributed by atoms with Crippen LogP contribution in [0.4, 0.5) is 30.7 Å². The van der Waals surface area contributed by atoms with Crippen molar-refractivity contribution in [3.05, 3.63) is 0 Å². The molecule has 12 heteroatoms. The smallest absolute Gasteiger partial charge is 0.743 e. The molecule has 0 N–H and O–H groups in total. The molecule has 17 heavy (non-hydrogen) atoms. The van der Waals surface area contributed by atoms with Crippen LogP contribution in [0.2, 0.25) is 0 Å². The van der Waals surface area contributed by atoms with E-state index in [9.17, 15) is 43.7 Å². The van der Waals surface area contributed by atoms with E-state index in [4.69, 9.17) is 0 Å². The Morgan fingerprint density at radius 3 is 1.53 bits per heavy atom. The number of halogens is 7. The maximum Gasteiger partial charge on any atom is 1.00 e. The van der Waals surface area contributed by atoms with Gasteiger partial charge in [0, 0.05) is 0 Å². The number of hydrogen-bond donors (Lipinski definition) is 0. The van der Waals surface area contributed by atoms with Gasteiger partial charge < -0.3 is 4.55 Å². The predicted molar refractivity (Wildman–Crippen MR) is 35.1 cm³/mol. The summed E-state index contributed by atoms with van der Waals surface area (Å²) < 4.78 is 115. The summed E-state index contributed by atoms with van der Waals surface area (Å²) in [4.78, 5) is 0. The molecular formula is C5H4F7LiO3S. The van der Waals surface area contributed by atoms with Gasteiger partial charge in [0.1, 0.15) is 0 Å². The molecule has 0 amide bonds. The Hall–Kier alpha value is 0.0174. The molecule has 0 heterocycles. The minimum atomic E-state index is -7.06. The van der Waals surface area contributed by atoms with Crippen LogP contribution < -0.4 is 18.9 Å². The largest absolute Gasteiger partial charge is 1.00 e. The van der Waals surface area contributed by atoms with Crippen LogP contribution >= 0.6 is 0 Å². The van der Waals surface area contributed by atoms with Crippen LogP contribution in [0.3, 0.4) is 0 Å². The molecule has 98 valence electrons. The van der Waals surface area contributed by atoms with Gasteiger partial charge in [-0.2, -0.15) is 26.3 Å². The van der Waals surface area contributed by atoms with Crippen LogP contribution in [0, 0.1) is 0 Å². The molecule has 0 rings (SSSR count). The molecule has 0 radical (unpaired) electrons. The Balaban J connectivity index is 0. The third kappa shape index (κ3) is 2.89. The van der Waals surface area contributed by atoms with Crippen LogP contribution in [0.15, 0.2) is 0 Å². The number of hydrogen-bond acceptors (Lipinski definition) is 3. The quantitative estimate of drug-likeness (QED) is 0.368. The average molecular weight is 284 g/mol. The first-order valence-electron chi connectivity index (χ1n) is 3.42. The van der Waals surface area contributed by atoms with Crippen LogP contribution in [0.25, 0.3) is 0 Å². The van der Waals surface area contributed by atoms with Crippen LogP contribution in [-0.4, -0.2) is 36.2 Å². The Kier molecular flexibility index (Phi) is 5.64. The van der Waals surface area contributed by atoms with E-state index < -0.39 is 33.4 Å². The van der Waals surface area contributed by atoms with E-state index in [2.05, 4.69) is 0 Å². The minimum absolute atomic E-state index is 0. The molecule has 0 aromatic carbocycles. The topological polar surface area (TPSA) is 57.2 Å². The maximum atomic E-state index is 12.4. The van der Waals surface area contributed by atoms with Crippen molar-refractivity contribution in [1.29, 1.82) is 0 Å². The molecule has 0 fully saturated rings. The molecule has 3 nitrogen and oxygen atoms in total. The molecule has 1 unspecified atom stereocenters. The first-order chi connectivity index (χ1) is 6.69. The first-order valence-corrected chi connectivity index (χ1v) is 4.83. The third-order valence-electron chi connectivity index (χ3n) is 1.60. The maximum absolute atomic E-state index is 12.4. The van der Waals surface area contributed by atoms with Gasteiger partial charge in [-0.15, -0.1) is 0 Å². The van der Waals surface area contributed by atoms with E-state index in [1.54, 1.807) is 0 Å². The standard InChI is InChI=1S/C5H5F7O3S.Li/c1-2(6)3(7,8)4(9,10)5(11,12)16(13,14)15;/h2H,1H3,(H,13,14,15);/q;+1/p-1. The number of rotatable bonds is 4. The van der Waals surface area contributed by atoms with Crippen molar-refractivity contribution in [2.24, 2.45) is 0 Å². The van der Waals surface area contributed by atoms with Crippen molar-refractivity contribution < 1.29 is 62.6 Å². The summed E-state index contributed by atoms with van der Waals surface area (Å²) in [5.74, 6) is -12.6. The van der Waals surface area contributed by atoms with E-state index in [1.807, 2.05) is 0 Å². The van der Waals surface area contributed by atoms with Gasteiger partial charge in [-0.1, -0.05) is 0 Å². The monoisotopic (exact) mass is 284 g/mol. The fourth-order valence-corrected chi connectivity index (χ4v) is 1.05. The van der Waals surface area contributed by atoms with E-state index in [0.717, 1.165) is 0 Å². The molecule has 0 aromatic rings. The third-order valence-corrected chi connectivity index (χ3v) is 2.48. The molecule has 0 saturated heterocycles. The number of alkyl halides is 7. The molecule has 0 aromatic heterocycles. The summed E-state index contributed by atoms with van der Waals surface area (Å²) in [6, 6.07) is 0. The molecular weight excluding hydrogens is 280 g/mol. The van der Waals surface area contributed by atoms with Gasteiger partial charge in [0.05, 0.1) is 0 Å². The zero-order chi connectivity index (χ0) is 13.6. The molecule has 0 aliphatic carbocycles. The van der Waals surface area contributed by atoms with Gasteiger partial charge in [0.25, 0.3) is 0 Å². The van der Waals surface area contributed by atoms with Gasteiger partial charge >= 0.3 is 36.0 Å². The van der Waals surface area contributed by atoms with Crippen molar-refractivity contribution in [3.63, 3.8) is 0 Å². The Labute approximate surface area is 103 Å². The van der Waals surface area contributed by atoms with Crippen molar-refractivity contribution in [2.75, 3.05) is 0 Å².